The van der Waals surface area contributed by atoms with Gasteiger partial charge in [0.2, 0.25) is 10.0 Å². The molecule has 2 aromatic carbocycles. The summed E-state index contributed by atoms with van der Waals surface area (Å²) >= 11 is 0. The molecule has 0 amide bonds. The molecule has 8 heteroatoms. The molecule has 0 fully saturated rings. The predicted molar refractivity (Wildman–Crippen MR) is 106 cm³/mol. The number of benzene rings is 2. The lowest BCUT2D eigenvalue weighted by atomic mass is 9.90. The normalized spacial score (nSPS) is 19.7. The molecule has 0 bridgehead atoms. The third-order valence-electron chi connectivity index (χ3n) is 5.20. The molecule has 146 valence electrons. The summed E-state index contributed by atoms with van der Waals surface area (Å²) in [6.45, 7) is 0. The number of H-pyrrole nitrogens is 1. The number of aromatic amines is 1. The third-order valence-corrected chi connectivity index (χ3v) is 7.03. The Hall–Kier alpha value is -2.68. The van der Waals surface area contributed by atoms with E-state index in [0.717, 1.165) is 32.0 Å². The van der Waals surface area contributed by atoms with Crippen molar-refractivity contribution < 1.29 is 18.3 Å². The highest BCUT2D eigenvalue weighted by Gasteiger charge is 2.34. The SMILES string of the molecule is CN(C)S(=O)(=O)c1ccc(C2NC(C(=O)O)Cc3c2[nH]c2ccccc32)cc1. The second-order valence-electron chi connectivity index (χ2n) is 7.11. The highest BCUT2D eigenvalue weighted by atomic mass is 32.2. The first-order valence-corrected chi connectivity index (χ1v) is 10.3. The first kappa shape index (κ1) is 18.7. The van der Waals surface area contributed by atoms with E-state index in [0.29, 0.717) is 6.42 Å². The molecule has 4 rings (SSSR count). The van der Waals surface area contributed by atoms with Crippen molar-refractivity contribution in [3.8, 4) is 0 Å². The van der Waals surface area contributed by atoms with Crippen LogP contribution in [0.5, 0.6) is 0 Å². The Balaban J connectivity index is 1.80. The fourth-order valence-electron chi connectivity index (χ4n) is 3.70. The lowest BCUT2D eigenvalue weighted by molar-refractivity contribution is -0.139. The van der Waals surface area contributed by atoms with Crippen LogP contribution < -0.4 is 5.32 Å². The number of nitrogens with zero attached hydrogens (tertiary/aromatic N) is 1. The Morgan fingerprint density at radius 1 is 1.11 bits per heavy atom. The Kier molecular flexibility index (Phi) is 4.49. The van der Waals surface area contributed by atoms with Gasteiger partial charge in [0.25, 0.3) is 0 Å². The number of aromatic nitrogens is 1. The maximum atomic E-state index is 12.3. The number of hydrogen-bond donors (Lipinski definition) is 3. The largest absolute Gasteiger partial charge is 0.480 e. The Bertz CT molecular complexity index is 1150. The van der Waals surface area contributed by atoms with Gasteiger partial charge in [0, 0.05) is 37.1 Å². The van der Waals surface area contributed by atoms with Crippen LogP contribution in [0, 0.1) is 0 Å². The smallest absolute Gasteiger partial charge is 0.321 e. The minimum Gasteiger partial charge on any atom is -0.480 e. The Labute approximate surface area is 163 Å². The fraction of sp³-hybridized carbons (Fsp3) is 0.250. The number of carboxylic acids is 1. The average Bonchev–Trinajstić information content (AvgIpc) is 3.06. The van der Waals surface area contributed by atoms with Crippen LogP contribution in [0.4, 0.5) is 0 Å². The summed E-state index contributed by atoms with van der Waals surface area (Å²) in [5, 5.41) is 13.8. The molecule has 0 aliphatic carbocycles. The lowest BCUT2D eigenvalue weighted by Crippen LogP contribution is -2.44. The predicted octanol–water partition coefficient (Wildman–Crippen LogP) is 2.11. The summed E-state index contributed by atoms with van der Waals surface area (Å²) in [7, 11) is -0.546. The molecule has 0 radical (unpaired) electrons. The van der Waals surface area contributed by atoms with Crippen molar-refractivity contribution in [2.45, 2.75) is 23.4 Å². The van der Waals surface area contributed by atoms with Gasteiger partial charge in [-0.15, -0.1) is 0 Å². The van der Waals surface area contributed by atoms with Crippen LogP contribution in [0.15, 0.2) is 53.4 Å². The quantitative estimate of drug-likeness (QED) is 0.624. The number of rotatable bonds is 4. The van der Waals surface area contributed by atoms with Crippen LogP contribution in [0.25, 0.3) is 10.9 Å². The number of nitrogens with one attached hydrogen (secondary N) is 2. The zero-order valence-electron chi connectivity index (χ0n) is 15.5. The van der Waals surface area contributed by atoms with Gasteiger partial charge >= 0.3 is 5.97 Å². The topological polar surface area (TPSA) is 102 Å². The molecule has 2 heterocycles. The minimum absolute atomic E-state index is 0.198. The standard InChI is InChI=1S/C20H21N3O4S/c1-23(2)28(26,27)13-9-7-12(8-10-13)18-19-15(11-17(22-18)20(24)25)14-5-3-4-6-16(14)21-19/h3-10,17-18,21-22H,11H2,1-2H3,(H,24,25). The van der Waals surface area contributed by atoms with E-state index in [-0.39, 0.29) is 10.9 Å². The van der Waals surface area contributed by atoms with Gasteiger partial charge in [0.15, 0.2) is 0 Å². The van der Waals surface area contributed by atoms with E-state index in [4.69, 9.17) is 0 Å². The van der Waals surface area contributed by atoms with E-state index in [1.807, 2.05) is 24.3 Å². The van der Waals surface area contributed by atoms with Gasteiger partial charge in [-0.25, -0.2) is 12.7 Å². The molecule has 1 aliphatic rings. The van der Waals surface area contributed by atoms with Crippen LogP contribution in [0.3, 0.4) is 0 Å². The van der Waals surface area contributed by atoms with Crippen molar-refractivity contribution in [3.63, 3.8) is 0 Å². The fourth-order valence-corrected chi connectivity index (χ4v) is 4.60. The number of aliphatic carboxylic acids is 1. The number of hydrogen-bond acceptors (Lipinski definition) is 4. The molecule has 0 spiro atoms. The molecule has 2 unspecified atom stereocenters. The van der Waals surface area contributed by atoms with Crippen molar-refractivity contribution in [2.24, 2.45) is 0 Å². The summed E-state index contributed by atoms with van der Waals surface area (Å²) in [4.78, 5) is 15.3. The first-order valence-electron chi connectivity index (χ1n) is 8.90. The van der Waals surface area contributed by atoms with E-state index >= 15 is 0 Å². The molecule has 7 nitrogen and oxygen atoms in total. The highest BCUT2D eigenvalue weighted by molar-refractivity contribution is 7.89. The monoisotopic (exact) mass is 399 g/mol. The van der Waals surface area contributed by atoms with Gasteiger partial charge in [-0.2, -0.15) is 0 Å². The molecule has 28 heavy (non-hydrogen) atoms. The number of carbonyl (C=O) groups is 1. The van der Waals surface area contributed by atoms with E-state index < -0.39 is 22.0 Å². The molecule has 3 aromatic rings. The van der Waals surface area contributed by atoms with Crippen LogP contribution in [0.2, 0.25) is 0 Å². The third kappa shape index (κ3) is 2.99. The summed E-state index contributed by atoms with van der Waals surface area (Å²) in [6.07, 6.45) is 0.387. The molecule has 1 aromatic heterocycles. The van der Waals surface area contributed by atoms with E-state index in [2.05, 4.69) is 10.3 Å². The van der Waals surface area contributed by atoms with Crippen molar-refractivity contribution in [2.75, 3.05) is 14.1 Å². The highest BCUT2D eigenvalue weighted by Crippen LogP contribution is 2.35. The van der Waals surface area contributed by atoms with E-state index in [1.165, 1.54) is 14.1 Å². The van der Waals surface area contributed by atoms with Crippen LogP contribution in [-0.4, -0.2) is 48.9 Å². The molecule has 0 saturated heterocycles. The molecule has 0 saturated carbocycles. The average molecular weight is 399 g/mol. The Morgan fingerprint density at radius 3 is 2.43 bits per heavy atom. The zero-order valence-corrected chi connectivity index (χ0v) is 16.3. The molecular formula is C20H21N3O4S. The van der Waals surface area contributed by atoms with Crippen molar-refractivity contribution >= 4 is 26.9 Å². The maximum Gasteiger partial charge on any atom is 0.321 e. The van der Waals surface area contributed by atoms with Crippen molar-refractivity contribution in [3.05, 3.63) is 65.4 Å². The maximum absolute atomic E-state index is 12.3. The van der Waals surface area contributed by atoms with Gasteiger partial charge in [-0.3, -0.25) is 10.1 Å². The summed E-state index contributed by atoms with van der Waals surface area (Å²) in [6, 6.07) is 13.3. The molecule has 2 atom stereocenters. The minimum atomic E-state index is -3.52. The molecule has 1 aliphatic heterocycles. The first-order chi connectivity index (χ1) is 13.3. The number of para-hydroxylation sites is 1. The van der Waals surface area contributed by atoms with E-state index in [1.54, 1.807) is 24.3 Å². The summed E-state index contributed by atoms with van der Waals surface area (Å²) in [5.41, 5.74) is 3.66. The van der Waals surface area contributed by atoms with Crippen molar-refractivity contribution in [1.82, 2.24) is 14.6 Å². The van der Waals surface area contributed by atoms with Crippen LogP contribution in [0.1, 0.15) is 22.9 Å². The van der Waals surface area contributed by atoms with Gasteiger partial charge < -0.3 is 10.1 Å². The van der Waals surface area contributed by atoms with Crippen LogP contribution in [-0.2, 0) is 21.2 Å². The van der Waals surface area contributed by atoms with Gasteiger partial charge in [-0.05, 0) is 29.3 Å². The molecule has 3 N–H and O–H groups in total. The second-order valence-corrected chi connectivity index (χ2v) is 9.27. The number of fused-ring (bicyclic) bond motifs is 3. The van der Waals surface area contributed by atoms with Crippen molar-refractivity contribution in [1.29, 1.82) is 0 Å². The summed E-state index contributed by atoms with van der Waals surface area (Å²) < 4.78 is 25.8. The number of sulfonamides is 1. The van der Waals surface area contributed by atoms with E-state index in [9.17, 15) is 18.3 Å². The van der Waals surface area contributed by atoms with Gasteiger partial charge in [0.05, 0.1) is 10.9 Å². The number of carboxylic acid groups (broad SMARTS) is 1. The van der Waals surface area contributed by atoms with Gasteiger partial charge in [0.1, 0.15) is 6.04 Å². The summed E-state index contributed by atoms with van der Waals surface area (Å²) in [5.74, 6) is -0.910. The zero-order chi connectivity index (χ0) is 20.1. The second kappa shape index (κ2) is 6.73. The Morgan fingerprint density at radius 2 is 1.79 bits per heavy atom. The van der Waals surface area contributed by atoms with Gasteiger partial charge in [-0.1, -0.05) is 30.3 Å². The molecular weight excluding hydrogens is 378 g/mol. The van der Waals surface area contributed by atoms with Crippen LogP contribution >= 0.6 is 0 Å². The lowest BCUT2D eigenvalue weighted by Gasteiger charge is -2.29.